The fourth-order valence-corrected chi connectivity index (χ4v) is 2.45. The van der Waals surface area contributed by atoms with E-state index in [9.17, 15) is 13.6 Å². The number of aromatic nitrogens is 1. The molecule has 1 aromatic heterocycles. The Labute approximate surface area is 126 Å². The van der Waals surface area contributed by atoms with Crippen molar-refractivity contribution in [3.8, 4) is 0 Å². The highest BCUT2D eigenvalue weighted by molar-refractivity contribution is 14.1. The first kappa shape index (κ1) is 15.7. The molecule has 18 heavy (non-hydrogen) atoms. The first-order chi connectivity index (χ1) is 8.49. The summed E-state index contributed by atoms with van der Waals surface area (Å²) >= 11 is 5.01. The number of carbonyl (C=O) groups excluding carboxylic acids is 1. The molecule has 0 unspecified atom stereocenters. The Morgan fingerprint density at radius 2 is 2.22 bits per heavy atom. The van der Waals surface area contributed by atoms with Gasteiger partial charge in [0.25, 0.3) is 6.43 Å². The van der Waals surface area contributed by atoms with Crippen LogP contribution in [0, 0.1) is 3.57 Å². The summed E-state index contributed by atoms with van der Waals surface area (Å²) in [5.41, 5.74) is 0.612. The summed E-state index contributed by atoms with van der Waals surface area (Å²) in [6, 6.07) is 1.36. The van der Waals surface area contributed by atoms with Gasteiger partial charge in [-0.1, -0.05) is 15.9 Å². The molecule has 100 valence electrons. The Balaban J connectivity index is 3.04. The SMILES string of the molecule is CCOC(=O)Cc1nc(CBr)c(C(F)F)cc1I. The molecule has 0 saturated carbocycles. The van der Waals surface area contributed by atoms with E-state index in [1.807, 2.05) is 22.6 Å². The predicted molar refractivity (Wildman–Crippen MR) is 74.9 cm³/mol. The fraction of sp³-hybridized carbons (Fsp3) is 0.455. The number of alkyl halides is 3. The van der Waals surface area contributed by atoms with Gasteiger partial charge in [-0.05, 0) is 35.6 Å². The molecule has 0 aliphatic heterocycles. The number of carbonyl (C=O) groups is 1. The van der Waals surface area contributed by atoms with Crippen LogP contribution >= 0.6 is 38.5 Å². The molecule has 0 aliphatic carbocycles. The molecule has 0 spiro atoms. The smallest absolute Gasteiger partial charge is 0.311 e. The first-order valence-electron chi connectivity index (χ1n) is 5.17. The highest BCUT2D eigenvalue weighted by atomic mass is 127. The monoisotopic (exact) mass is 433 g/mol. The van der Waals surface area contributed by atoms with Crippen LogP contribution in [0.1, 0.15) is 30.3 Å². The van der Waals surface area contributed by atoms with Crippen LogP contribution in [0.3, 0.4) is 0 Å². The number of pyridine rings is 1. The predicted octanol–water partition coefficient (Wildman–Crippen LogP) is 3.62. The summed E-state index contributed by atoms with van der Waals surface area (Å²) in [5, 5.41) is 0.222. The third-order valence-corrected chi connectivity index (χ3v) is 3.60. The minimum atomic E-state index is -2.57. The minimum Gasteiger partial charge on any atom is -0.466 e. The molecule has 0 fully saturated rings. The summed E-state index contributed by atoms with van der Waals surface area (Å²) in [4.78, 5) is 15.5. The maximum absolute atomic E-state index is 12.8. The highest BCUT2D eigenvalue weighted by Gasteiger charge is 2.18. The highest BCUT2D eigenvalue weighted by Crippen LogP contribution is 2.26. The molecule has 1 aromatic rings. The van der Waals surface area contributed by atoms with E-state index in [2.05, 4.69) is 20.9 Å². The van der Waals surface area contributed by atoms with E-state index in [4.69, 9.17) is 4.74 Å². The van der Waals surface area contributed by atoms with Gasteiger partial charge in [0.2, 0.25) is 0 Å². The maximum atomic E-state index is 12.8. The molecule has 0 saturated heterocycles. The molecular formula is C11H11BrF2INO2. The van der Waals surface area contributed by atoms with Gasteiger partial charge in [-0.25, -0.2) is 8.78 Å². The van der Waals surface area contributed by atoms with Crippen molar-refractivity contribution in [3.05, 3.63) is 26.6 Å². The quantitative estimate of drug-likeness (QED) is 0.404. The van der Waals surface area contributed by atoms with Gasteiger partial charge in [0.15, 0.2) is 0 Å². The molecule has 0 radical (unpaired) electrons. The van der Waals surface area contributed by atoms with E-state index in [0.717, 1.165) is 0 Å². The van der Waals surface area contributed by atoms with Crippen molar-refractivity contribution in [2.75, 3.05) is 6.61 Å². The number of esters is 1. The third kappa shape index (κ3) is 4.11. The molecule has 0 amide bonds. The van der Waals surface area contributed by atoms with Crippen LogP contribution in [0.4, 0.5) is 8.78 Å². The molecule has 0 N–H and O–H groups in total. The number of hydrogen-bond donors (Lipinski definition) is 0. The van der Waals surface area contributed by atoms with Gasteiger partial charge in [0.1, 0.15) is 0 Å². The van der Waals surface area contributed by atoms with Gasteiger partial charge in [0, 0.05) is 14.5 Å². The molecule has 0 bridgehead atoms. The largest absolute Gasteiger partial charge is 0.466 e. The van der Waals surface area contributed by atoms with Gasteiger partial charge >= 0.3 is 5.97 Å². The van der Waals surface area contributed by atoms with Crippen molar-refractivity contribution in [1.82, 2.24) is 4.98 Å². The van der Waals surface area contributed by atoms with Crippen LogP contribution in [0.15, 0.2) is 6.07 Å². The van der Waals surface area contributed by atoms with Crippen LogP contribution in [-0.4, -0.2) is 17.6 Å². The normalized spacial score (nSPS) is 10.8. The van der Waals surface area contributed by atoms with Gasteiger partial charge in [-0.2, -0.15) is 0 Å². The molecule has 0 atom stereocenters. The lowest BCUT2D eigenvalue weighted by Crippen LogP contribution is -2.12. The third-order valence-electron chi connectivity index (χ3n) is 2.14. The van der Waals surface area contributed by atoms with Crippen LogP contribution in [0.25, 0.3) is 0 Å². The van der Waals surface area contributed by atoms with Crippen molar-refractivity contribution >= 4 is 44.5 Å². The van der Waals surface area contributed by atoms with Gasteiger partial charge in [-0.15, -0.1) is 0 Å². The van der Waals surface area contributed by atoms with Crippen molar-refractivity contribution in [3.63, 3.8) is 0 Å². The van der Waals surface area contributed by atoms with E-state index in [0.29, 0.717) is 9.26 Å². The standard InChI is InChI=1S/C11H11BrF2INO2/c1-2-18-10(17)4-8-7(15)3-6(11(13)14)9(5-12)16-8/h3,11H,2,4-5H2,1H3. The van der Waals surface area contributed by atoms with E-state index in [1.165, 1.54) is 6.07 Å². The Bertz CT molecular complexity index is 443. The number of hydrogen-bond acceptors (Lipinski definition) is 3. The number of ether oxygens (including phenoxy) is 1. The molecule has 0 aliphatic rings. The van der Waals surface area contributed by atoms with Crippen molar-refractivity contribution in [2.24, 2.45) is 0 Å². The zero-order valence-electron chi connectivity index (χ0n) is 9.55. The first-order valence-corrected chi connectivity index (χ1v) is 7.37. The second-order valence-electron chi connectivity index (χ2n) is 3.37. The van der Waals surface area contributed by atoms with Gasteiger partial charge in [0.05, 0.1) is 24.4 Å². The zero-order valence-corrected chi connectivity index (χ0v) is 13.3. The molecule has 1 rings (SSSR count). The van der Waals surface area contributed by atoms with Crippen LogP contribution in [0.5, 0.6) is 0 Å². The van der Waals surface area contributed by atoms with E-state index in [-0.39, 0.29) is 29.6 Å². The van der Waals surface area contributed by atoms with Crippen LogP contribution < -0.4 is 0 Å². The Kier molecular flexibility index (Phi) is 6.40. The van der Waals surface area contributed by atoms with Gasteiger partial charge < -0.3 is 4.74 Å². The Morgan fingerprint density at radius 1 is 1.56 bits per heavy atom. The summed E-state index contributed by atoms with van der Waals surface area (Å²) in [5.74, 6) is -0.409. The molecule has 1 heterocycles. The van der Waals surface area contributed by atoms with Crippen LogP contribution in [-0.2, 0) is 21.3 Å². The van der Waals surface area contributed by atoms with Crippen LogP contribution in [0.2, 0.25) is 0 Å². The minimum absolute atomic E-state index is 0.00433. The Hall–Kier alpha value is -0.310. The van der Waals surface area contributed by atoms with Gasteiger partial charge in [-0.3, -0.25) is 9.78 Å². The second kappa shape index (κ2) is 7.32. The number of halogens is 4. The van der Waals surface area contributed by atoms with E-state index < -0.39 is 12.4 Å². The zero-order chi connectivity index (χ0) is 13.7. The average Bonchev–Trinajstić information content (AvgIpc) is 2.31. The lowest BCUT2D eigenvalue weighted by Gasteiger charge is -2.10. The summed E-state index contributed by atoms with van der Waals surface area (Å²) in [6.45, 7) is 2.00. The maximum Gasteiger partial charge on any atom is 0.311 e. The van der Waals surface area contributed by atoms with E-state index in [1.54, 1.807) is 6.92 Å². The van der Waals surface area contributed by atoms with Crippen molar-refractivity contribution in [2.45, 2.75) is 25.1 Å². The molecular weight excluding hydrogens is 423 g/mol. The fourth-order valence-electron chi connectivity index (χ4n) is 1.35. The second-order valence-corrected chi connectivity index (χ2v) is 5.09. The average molecular weight is 434 g/mol. The lowest BCUT2D eigenvalue weighted by atomic mass is 10.1. The molecule has 3 nitrogen and oxygen atoms in total. The Morgan fingerprint density at radius 3 is 2.72 bits per heavy atom. The van der Waals surface area contributed by atoms with E-state index >= 15 is 0 Å². The van der Waals surface area contributed by atoms with Crippen molar-refractivity contribution < 1.29 is 18.3 Å². The van der Waals surface area contributed by atoms with Crippen molar-refractivity contribution in [1.29, 1.82) is 0 Å². The summed E-state index contributed by atoms with van der Waals surface area (Å²) in [6.07, 6.45) is -2.58. The summed E-state index contributed by atoms with van der Waals surface area (Å²) < 4.78 is 30.9. The topological polar surface area (TPSA) is 39.2 Å². The lowest BCUT2D eigenvalue weighted by molar-refractivity contribution is -0.142. The molecule has 0 aromatic carbocycles. The number of nitrogens with zero attached hydrogens (tertiary/aromatic N) is 1. The molecule has 7 heteroatoms. The number of rotatable bonds is 5. The summed E-state index contributed by atoms with van der Waals surface area (Å²) in [7, 11) is 0.